The minimum atomic E-state index is -1.29. The number of aliphatic carboxylic acids is 1. The van der Waals surface area contributed by atoms with Gasteiger partial charge in [-0.25, -0.2) is 0 Å². The van der Waals surface area contributed by atoms with E-state index in [9.17, 15) is 29.1 Å². The van der Waals surface area contributed by atoms with Crippen molar-refractivity contribution in [3.8, 4) is 11.5 Å². The number of thiazole rings is 1. The standard InChI is InChI=1S/C27H25N3O8S2/c1-3-37-17-10-14(8-9-16(17)38-12-18(31)28-15-7-5-4-6-13(15)2)20-21-23(39-24-22(20)40-27(36)29-24)26(35)30(25(21)34)11-19(32)33/h4-10,20-21,23H,3,11-12H2,1-2H3,(H,28,31)(H,29,36)(H,32,33)/t20-,21?,23?/m1/s1. The Balaban J connectivity index is 1.44. The molecule has 0 radical (unpaired) electrons. The van der Waals surface area contributed by atoms with E-state index in [4.69, 9.17) is 9.47 Å². The Labute approximate surface area is 236 Å². The van der Waals surface area contributed by atoms with Gasteiger partial charge in [-0.05, 0) is 43.2 Å². The number of ether oxygens (including phenoxy) is 2. The smallest absolute Gasteiger partial charge is 0.323 e. The number of rotatable bonds is 9. The van der Waals surface area contributed by atoms with Crippen LogP contribution in [0.25, 0.3) is 0 Å². The van der Waals surface area contributed by atoms with E-state index in [1.807, 2.05) is 25.1 Å². The minimum absolute atomic E-state index is 0.279. The third-order valence-corrected chi connectivity index (χ3v) is 9.01. The number of H-pyrrole nitrogens is 1. The van der Waals surface area contributed by atoms with Crippen LogP contribution in [0.15, 0.2) is 52.3 Å². The number of hydrogen-bond acceptors (Lipinski definition) is 9. The normalized spacial score (nSPS) is 19.6. The molecule has 3 atom stereocenters. The van der Waals surface area contributed by atoms with Gasteiger partial charge in [0, 0.05) is 16.5 Å². The minimum Gasteiger partial charge on any atom is -0.490 e. The average molecular weight is 584 g/mol. The Kier molecular flexibility index (Phi) is 7.68. The average Bonchev–Trinajstić information content (AvgIpc) is 3.39. The zero-order chi connectivity index (χ0) is 28.6. The number of amides is 3. The number of carbonyl (C=O) groups is 4. The van der Waals surface area contributed by atoms with Crippen LogP contribution in [0.4, 0.5) is 5.69 Å². The number of carboxylic acids is 1. The van der Waals surface area contributed by atoms with Gasteiger partial charge < -0.3 is 24.9 Å². The molecule has 0 aliphatic carbocycles. The van der Waals surface area contributed by atoms with Crippen molar-refractivity contribution in [2.24, 2.45) is 5.92 Å². The zero-order valence-electron chi connectivity index (χ0n) is 21.5. The molecule has 2 aliphatic heterocycles. The number of carboxylic acid groups (broad SMARTS) is 1. The van der Waals surface area contributed by atoms with Crippen LogP contribution >= 0.6 is 23.1 Å². The molecule has 1 fully saturated rings. The number of likely N-dealkylation sites (tertiary alicyclic amines) is 1. The fourth-order valence-electron chi connectivity index (χ4n) is 4.87. The molecule has 3 amide bonds. The van der Waals surface area contributed by atoms with Crippen molar-refractivity contribution in [1.82, 2.24) is 9.88 Å². The van der Waals surface area contributed by atoms with E-state index < -0.39 is 41.4 Å². The molecule has 0 bridgehead atoms. The molecule has 0 saturated carbocycles. The Morgan fingerprint density at radius 1 is 1.07 bits per heavy atom. The molecule has 3 aromatic rings. The summed E-state index contributed by atoms with van der Waals surface area (Å²) in [5.74, 6) is -3.84. The Bertz CT molecular complexity index is 1570. The molecule has 2 aliphatic rings. The van der Waals surface area contributed by atoms with E-state index in [0.29, 0.717) is 32.7 Å². The van der Waals surface area contributed by atoms with Crippen LogP contribution < -0.4 is 19.7 Å². The van der Waals surface area contributed by atoms with Gasteiger partial charge in [0.05, 0.1) is 17.6 Å². The van der Waals surface area contributed by atoms with E-state index >= 15 is 0 Å². The molecule has 3 heterocycles. The van der Waals surface area contributed by atoms with Crippen molar-refractivity contribution in [3.05, 3.63) is 68.1 Å². The summed E-state index contributed by atoms with van der Waals surface area (Å²) >= 11 is 2.01. The molecule has 40 heavy (non-hydrogen) atoms. The molecule has 11 nitrogen and oxygen atoms in total. The van der Waals surface area contributed by atoms with Gasteiger partial charge in [0.2, 0.25) is 11.8 Å². The maximum atomic E-state index is 13.4. The lowest BCUT2D eigenvalue weighted by molar-refractivity contribution is -0.149. The van der Waals surface area contributed by atoms with Crippen LogP contribution in [-0.4, -0.2) is 63.7 Å². The number of thioether (sulfide) groups is 1. The zero-order valence-corrected chi connectivity index (χ0v) is 23.1. The number of anilines is 1. The fourth-order valence-corrected chi connectivity index (χ4v) is 7.41. The predicted octanol–water partition coefficient (Wildman–Crippen LogP) is 2.84. The maximum Gasteiger partial charge on any atom is 0.323 e. The largest absolute Gasteiger partial charge is 0.490 e. The number of nitrogens with zero attached hydrogens (tertiary/aromatic N) is 1. The highest BCUT2D eigenvalue weighted by Crippen LogP contribution is 2.53. The van der Waals surface area contributed by atoms with Crippen molar-refractivity contribution >= 4 is 52.5 Å². The molecule has 1 saturated heterocycles. The fraction of sp³-hybridized carbons (Fsp3) is 0.296. The molecular formula is C27H25N3O8S2. The van der Waals surface area contributed by atoms with E-state index in [-0.39, 0.29) is 24.0 Å². The molecule has 3 N–H and O–H groups in total. The van der Waals surface area contributed by atoms with Crippen molar-refractivity contribution in [2.45, 2.75) is 30.0 Å². The van der Waals surface area contributed by atoms with Gasteiger partial charge in [0.25, 0.3) is 5.91 Å². The summed E-state index contributed by atoms with van der Waals surface area (Å²) in [5, 5.41) is 11.7. The summed E-state index contributed by atoms with van der Waals surface area (Å²) in [6.07, 6.45) is 0. The van der Waals surface area contributed by atoms with Crippen LogP contribution in [0, 0.1) is 12.8 Å². The van der Waals surface area contributed by atoms with E-state index in [0.717, 1.165) is 33.6 Å². The van der Waals surface area contributed by atoms with Crippen molar-refractivity contribution in [3.63, 3.8) is 0 Å². The third-order valence-electron chi connectivity index (χ3n) is 6.61. The van der Waals surface area contributed by atoms with Crippen molar-refractivity contribution in [2.75, 3.05) is 25.1 Å². The second-order valence-corrected chi connectivity index (χ2v) is 11.4. The van der Waals surface area contributed by atoms with E-state index in [2.05, 4.69) is 10.3 Å². The summed E-state index contributed by atoms with van der Waals surface area (Å²) < 4.78 is 11.6. The Hall–Kier alpha value is -4.10. The number of aromatic amines is 1. The highest BCUT2D eigenvalue weighted by molar-refractivity contribution is 8.00. The van der Waals surface area contributed by atoms with Crippen LogP contribution in [-0.2, 0) is 19.2 Å². The Morgan fingerprint density at radius 2 is 1.85 bits per heavy atom. The molecule has 13 heteroatoms. The maximum absolute atomic E-state index is 13.4. The number of aromatic nitrogens is 1. The molecule has 0 spiro atoms. The van der Waals surface area contributed by atoms with E-state index in [1.54, 1.807) is 31.2 Å². The lowest BCUT2D eigenvalue weighted by atomic mass is 9.83. The lowest BCUT2D eigenvalue weighted by Gasteiger charge is -2.30. The van der Waals surface area contributed by atoms with Gasteiger partial charge in [0.15, 0.2) is 18.1 Å². The highest BCUT2D eigenvalue weighted by Gasteiger charge is 2.56. The molecule has 5 rings (SSSR count). The second-order valence-electron chi connectivity index (χ2n) is 9.20. The quantitative estimate of drug-likeness (QED) is 0.323. The van der Waals surface area contributed by atoms with Gasteiger partial charge in [0.1, 0.15) is 11.8 Å². The van der Waals surface area contributed by atoms with Gasteiger partial charge >= 0.3 is 10.8 Å². The molecular weight excluding hydrogens is 558 g/mol. The monoisotopic (exact) mass is 583 g/mol. The van der Waals surface area contributed by atoms with E-state index in [1.165, 1.54) is 0 Å². The van der Waals surface area contributed by atoms with Crippen LogP contribution in [0.3, 0.4) is 0 Å². The molecule has 2 unspecified atom stereocenters. The van der Waals surface area contributed by atoms with Gasteiger partial charge in [-0.1, -0.05) is 47.4 Å². The number of aryl methyl sites for hydroxylation is 1. The number of para-hydroxylation sites is 1. The molecule has 1 aromatic heterocycles. The number of fused-ring (bicyclic) bond motifs is 2. The molecule has 208 valence electrons. The lowest BCUT2D eigenvalue weighted by Crippen LogP contribution is -2.36. The number of hydrogen-bond donors (Lipinski definition) is 3. The van der Waals surface area contributed by atoms with Crippen LogP contribution in [0.5, 0.6) is 11.5 Å². The first kappa shape index (κ1) is 27.5. The highest BCUT2D eigenvalue weighted by atomic mass is 32.2. The van der Waals surface area contributed by atoms with Crippen molar-refractivity contribution < 1.29 is 33.8 Å². The number of nitrogens with one attached hydrogen (secondary N) is 2. The predicted molar refractivity (Wildman–Crippen MR) is 147 cm³/mol. The second kappa shape index (κ2) is 11.2. The van der Waals surface area contributed by atoms with Crippen molar-refractivity contribution in [1.29, 1.82) is 0 Å². The summed E-state index contributed by atoms with van der Waals surface area (Å²) in [5.41, 5.74) is 2.17. The molecule has 2 aromatic carbocycles. The first-order chi connectivity index (χ1) is 19.2. The SMILES string of the molecule is CCOc1cc([C@H]2c3sc(=O)[nH]c3SC3C(=O)N(CC(=O)O)C(=O)C32)ccc1OCC(=O)Nc1ccccc1C. The van der Waals surface area contributed by atoms with Crippen LogP contribution in [0.1, 0.15) is 28.8 Å². The van der Waals surface area contributed by atoms with Gasteiger partial charge in [-0.15, -0.1) is 0 Å². The van der Waals surface area contributed by atoms with Crippen LogP contribution in [0.2, 0.25) is 0 Å². The number of benzene rings is 2. The first-order valence-corrected chi connectivity index (χ1v) is 14.1. The topological polar surface area (TPSA) is 155 Å². The summed E-state index contributed by atoms with van der Waals surface area (Å²) in [6, 6.07) is 12.3. The third kappa shape index (κ3) is 5.21. The van der Waals surface area contributed by atoms with Gasteiger partial charge in [-0.2, -0.15) is 0 Å². The summed E-state index contributed by atoms with van der Waals surface area (Å²) in [4.78, 5) is 66.3. The first-order valence-electron chi connectivity index (χ1n) is 12.4. The van der Waals surface area contributed by atoms with Gasteiger partial charge in [-0.3, -0.25) is 28.9 Å². The number of carbonyl (C=O) groups excluding carboxylic acids is 3. The summed E-state index contributed by atoms with van der Waals surface area (Å²) in [6.45, 7) is 2.94. The summed E-state index contributed by atoms with van der Waals surface area (Å²) in [7, 11) is 0. The Morgan fingerprint density at radius 3 is 2.58 bits per heavy atom. The number of imide groups is 1.